The van der Waals surface area contributed by atoms with Gasteiger partial charge >= 0.3 is 0 Å². The molecule has 0 atom stereocenters. The van der Waals surface area contributed by atoms with Crippen molar-refractivity contribution in [1.29, 1.82) is 0 Å². The lowest BCUT2D eigenvalue weighted by atomic mass is 10.3. The van der Waals surface area contributed by atoms with Crippen molar-refractivity contribution in [3.8, 4) is 0 Å². The highest BCUT2D eigenvalue weighted by Crippen LogP contribution is 2.18. The number of imidazole rings is 1. The molecule has 5 nitrogen and oxygen atoms in total. The smallest absolute Gasteiger partial charge is 0.152 e. The monoisotopic (exact) mass is 255 g/mol. The minimum Gasteiger partial charge on any atom is -0.320 e. The van der Waals surface area contributed by atoms with Gasteiger partial charge < -0.3 is 9.13 Å². The van der Waals surface area contributed by atoms with Gasteiger partial charge in [-0.2, -0.15) is 0 Å². The highest BCUT2D eigenvalue weighted by molar-refractivity contribution is 5.76. The standard InChI is InChI=1S/C14H17N5/c1-3-6-13-16-11-7-4-5-8-12(11)19(13)9-14-17-15-10-18(14)2/h4-5,7-8,10H,3,6,9H2,1-2H3. The molecule has 0 amide bonds. The Bertz CT molecular complexity index is 695. The largest absolute Gasteiger partial charge is 0.320 e. The van der Waals surface area contributed by atoms with E-state index in [2.05, 4.69) is 33.8 Å². The molecule has 3 aromatic rings. The third-order valence-corrected chi connectivity index (χ3v) is 3.31. The first-order chi connectivity index (χ1) is 9.29. The number of benzene rings is 1. The molecule has 0 N–H and O–H groups in total. The molecule has 0 saturated heterocycles. The van der Waals surface area contributed by atoms with Crippen molar-refractivity contribution in [3.63, 3.8) is 0 Å². The van der Waals surface area contributed by atoms with Crippen LogP contribution in [0.3, 0.4) is 0 Å². The van der Waals surface area contributed by atoms with E-state index in [0.717, 1.165) is 35.5 Å². The number of para-hydroxylation sites is 2. The number of fused-ring (bicyclic) bond motifs is 1. The summed E-state index contributed by atoms with van der Waals surface area (Å²) >= 11 is 0. The Morgan fingerprint density at radius 1 is 1.16 bits per heavy atom. The fourth-order valence-electron chi connectivity index (χ4n) is 2.31. The highest BCUT2D eigenvalue weighted by atomic mass is 15.3. The van der Waals surface area contributed by atoms with Crippen LogP contribution < -0.4 is 0 Å². The molecule has 98 valence electrons. The number of nitrogens with zero attached hydrogens (tertiary/aromatic N) is 5. The van der Waals surface area contributed by atoms with Gasteiger partial charge in [-0.05, 0) is 18.6 Å². The van der Waals surface area contributed by atoms with Crippen LogP contribution in [-0.4, -0.2) is 24.3 Å². The zero-order valence-electron chi connectivity index (χ0n) is 11.2. The second-order valence-corrected chi connectivity index (χ2v) is 4.71. The maximum absolute atomic E-state index is 4.72. The average molecular weight is 255 g/mol. The number of rotatable bonds is 4. The summed E-state index contributed by atoms with van der Waals surface area (Å²) in [6, 6.07) is 8.24. The van der Waals surface area contributed by atoms with Crippen LogP contribution in [0.2, 0.25) is 0 Å². The Labute approximate surface area is 111 Å². The van der Waals surface area contributed by atoms with Crippen molar-refractivity contribution in [3.05, 3.63) is 42.2 Å². The number of hydrogen-bond donors (Lipinski definition) is 0. The summed E-state index contributed by atoms with van der Waals surface area (Å²) in [6.45, 7) is 2.89. The van der Waals surface area contributed by atoms with Crippen LogP contribution in [0.1, 0.15) is 25.0 Å². The minimum absolute atomic E-state index is 0.715. The third-order valence-electron chi connectivity index (χ3n) is 3.31. The first-order valence-electron chi connectivity index (χ1n) is 6.56. The predicted octanol–water partition coefficient (Wildman–Crippen LogP) is 2.17. The Hall–Kier alpha value is -2.17. The fraction of sp³-hybridized carbons (Fsp3) is 0.357. The molecular weight excluding hydrogens is 238 g/mol. The van der Waals surface area contributed by atoms with Gasteiger partial charge in [-0.3, -0.25) is 0 Å². The van der Waals surface area contributed by atoms with Crippen molar-refractivity contribution in [2.24, 2.45) is 7.05 Å². The molecule has 0 unspecified atom stereocenters. The first-order valence-corrected chi connectivity index (χ1v) is 6.56. The summed E-state index contributed by atoms with van der Waals surface area (Å²) in [5.41, 5.74) is 2.21. The minimum atomic E-state index is 0.715. The van der Waals surface area contributed by atoms with Crippen molar-refractivity contribution >= 4 is 11.0 Å². The fourth-order valence-corrected chi connectivity index (χ4v) is 2.31. The molecule has 0 saturated carbocycles. The average Bonchev–Trinajstić information content (AvgIpc) is 2.96. The molecule has 5 heteroatoms. The Kier molecular flexibility index (Phi) is 3.03. The normalized spacial score (nSPS) is 11.3. The second-order valence-electron chi connectivity index (χ2n) is 4.71. The second kappa shape index (κ2) is 4.84. The molecule has 0 aliphatic carbocycles. The van der Waals surface area contributed by atoms with Crippen LogP contribution in [0.5, 0.6) is 0 Å². The topological polar surface area (TPSA) is 48.5 Å². The van der Waals surface area contributed by atoms with Crippen molar-refractivity contribution in [1.82, 2.24) is 24.3 Å². The molecule has 0 bridgehead atoms. The van der Waals surface area contributed by atoms with E-state index in [1.165, 1.54) is 0 Å². The van der Waals surface area contributed by atoms with Crippen molar-refractivity contribution in [2.45, 2.75) is 26.3 Å². The number of aromatic nitrogens is 5. The van der Waals surface area contributed by atoms with Crippen LogP contribution in [0.25, 0.3) is 11.0 Å². The van der Waals surface area contributed by atoms with Gasteiger partial charge in [0, 0.05) is 13.5 Å². The van der Waals surface area contributed by atoms with E-state index < -0.39 is 0 Å². The Balaban J connectivity index is 2.09. The Morgan fingerprint density at radius 2 is 2.00 bits per heavy atom. The van der Waals surface area contributed by atoms with E-state index in [0.29, 0.717) is 6.54 Å². The SMILES string of the molecule is CCCc1nc2ccccc2n1Cc1nncn1C. The Morgan fingerprint density at radius 3 is 2.74 bits per heavy atom. The molecule has 0 aliphatic rings. The summed E-state index contributed by atoms with van der Waals surface area (Å²) in [5, 5.41) is 8.10. The molecule has 0 spiro atoms. The van der Waals surface area contributed by atoms with Gasteiger partial charge in [-0.1, -0.05) is 19.1 Å². The third kappa shape index (κ3) is 2.12. The van der Waals surface area contributed by atoms with Gasteiger partial charge in [-0.25, -0.2) is 4.98 Å². The molecule has 0 fully saturated rings. The molecule has 2 aromatic heterocycles. The molecule has 2 heterocycles. The lowest BCUT2D eigenvalue weighted by Crippen LogP contribution is -2.09. The number of hydrogen-bond acceptors (Lipinski definition) is 3. The maximum atomic E-state index is 4.72. The summed E-state index contributed by atoms with van der Waals surface area (Å²) in [5.74, 6) is 2.06. The van der Waals surface area contributed by atoms with Gasteiger partial charge in [0.05, 0.1) is 17.6 Å². The molecular formula is C14H17N5. The summed E-state index contributed by atoms with van der Waals surface area (Å²) < 4.78 is 4.19. The quantitative estimate of drug-likeness (QED) is 0.718. The molecule has 19 heavy (non-hydrogen) atoms. The van der Waals surface area contributed by atoms with Crippen LogP contribution in [0.4, 0.5) is 0 Å². The summed E-state index contributed by atoms with van der Waals surface area (Å²) in [6.07, 6.45) is 3.79. The van der Waals surface area contributed by atoms with E-state index in [1.54, 1.807) is 6.33 Å². The number of aryl methyl sites for hydroxylation is 2. The zero-order chi connectivity index (χ0) is 13.2. The highest BCUT2D eigenvalue weighted by Gasteiger charge is 2.12. The summed E-state index contributed by atoms with van der Waals surface area (Å²) in [7, 11) is 1.97. The van der Waals surface area contributed by atoms with E-state index >= 15 is 0 Å². The van der Waals surface area contributed by atoms with E-state index in [9.17, 15) is 0 Å². The maximum Gasteiger partial charge on any atom is 0.152 e. The van der Waals surface area contributed by atoms with Gasteiger partial charge in [-0.15, -0.1) is 10.2 Å². The lowest BCUT2D eigenvalue weighted by Gasteiger charge is -2.07. The van der Waals surface area contributed by atoms with Crippen LogP contribution in [-0.2, 0) is 20.0 Å². The van der Waals surface area contributed by atoms with E-state index in [1.807, 2.05) is 23.7 Å². The van der Waals surface area contributed by atoms with E-state index in [4.69, 9.17) is 4.98 Å². The van der Waals surface area contributed by atoms with Crippen LogP contribution in [0.15, 0.2) is 30.6 Å². The summed E-state index contributed by atoms with van der Waals surface area (Å²) in [4.78, 5) is 4.72. The van der Waals surface area contributed by atoms with Gasteiger partial charge in [0.15, 0.2) is 5.82 Å². The van der Waals surface area contributed by atoms with Gasteiger partial charge in [0.25, 0.3) is 0 Å². The zero-order valence-corrected chi connectivity index (χ0v) is 11.2. The molecule has 0 aliphatic heterocycles. The van der Waals surface area contributed by atoms with Crippen molar-refractivity contribution in [2.75, 3.05) is 0 Å². The van der Waals surface area contributed by atoms with E-state index in [-0.39, 0.29) is 0 Å². The van der Waals surface area contributed by atoms with Crippen LogP contribution >= 0.6 is 0 Å². The molecule has 3 rings (SSSR count). The lowest BCUT2D eigenvalue weighted by molar-refractivity contribution is 0.666. The van der Waals surface area contributed by atoms with Crippen molar-refractivity contribution < 1.29 is 0 Å². The first kappa shape index (κ1) is 11.9. The van der Waals surface area contributed by atoms with Gasteiger partial charge in [0.2, 0.25) is 0 Å². The molecule has 0 radical (unpaired) electrons. The van der Waals surface area contributed by atoms with Gasteiger partial charge in [0.1, 0.15) is 12.2 Å². The predicted molar refractivity (Wildman–Crippen MR) is 73.8 cm³/mol. The molecule has 1 aromatic carbocycles. The van der Waals surface area contributed by atoms with Crippen LogP contribution in [0, 0.1) is 0 Å².